The van der Waals surface area contributed by atoms with Crippen LogP contribution in [0.2, 0.25) is 0 Å². The van der Waals surface area contributed by atoms with E-state index >= 15 is 0 Å². The molecule has 7 nitrogen and oxygen atoms in total. The van der Waals surface area contributed by atoms with Gasteiger partial charge >= 0.3 is 0 Å². The maximum atomic E-state index is 4.34. The molecule has 0 spiro atoms. The molecule has 18 heavy (non-hydrogen) atoms. The molecule has 92 valence electrons. The van der Waals surface area contributed by atoms with Gasteiger partial charge in [0.25, 0.3) is 0 Å². The fourth-order valence-electron chi connectivity index (χ4n) is 1.91. The molecule has 7 heteroatoms. The molecule has 3 rings (SSSR count). The predicted molar refractivity (Wildman–Crippen MR) is 68.0 cm³/mol. The topological polar surface area (TPSA) is 84.3 Å². The summed E-state index contributed by atoms with van der Waals surface area (Å²) >= 11 is 0. The zero-order valence-electron chi connectivity index (χ0n) is 10.2. The summed E-state index contributed by atoms with van der Waals surface area (Å²) in [5, 5.41) is 19.5. The number of aryl methyl sites for hydroxylation is 1. The zero-order chi connectivity index (χ0) is 12.5. The van der Waals surface area contributed by atoms with E-state index in [1.807, 2.05) is 26.2 Å². The predicted octanol–water partition coefficient (Wildman–Crippen LogP) is 1.19. The molecule has 3 aromatic heterocycles. The molecule has 3 heterocycles. The molecule has 0 aliphatic heterocycles. The Morgan fingerprint density at radius 1 is 1.44 bits per heavy atom. The highest BCUT2D eigenvalue weighted by molar-refractivity contribution is 5.99. The van der Waals surface area contributed by atoms with Crippen molar-refractivity contribution >= 4 is 16.7 Å². The third-order valence-corrected chi connectivity index (χ3v) is 2.67. The van der Waals surface area contributed by atoms with Crippen LogP contribution in [0.3, 0.4) is 0 Å². The van der Waals surface area contributed by atoms with Gasteiger partial charge in [0.1, 0.15) is 17.2 Å². The highest BCUT2D eigenvalue weighted by atomic mass is 15.4. The van der Waals surface area contributed by atoms with Crippen LogP contribution < -0.4 is 5.32 Å². The van der Waals surface area contributed by atoms with Crippen LogP contribution in [0.1, 0.15) is 6.92 Å². The average Bonchev–Trinajstić information content (AvgIpc) is 2.96. The van der Waals surface area contributed by atoms with E-state index in [1.54, 1.807) is 10.9 Å². The minimum absolute atomic E-state index is 0.732. The summed E-state index contributed by atoms with van der Waals surface area (Å²) in [4.78, 5) is 4.34. The summed E-state index contributed by atoms with van der Waals surface area (Å²) < 4.78 is 1.65. The van der Waals surface area contributed by atoms with E-state index in [0.29, 0.717) is 0 Å². The molecule has 0 aliphatic rings. The summed E-state index contributed by atoms with van der Waals surface area (Å²) in [7, 11) is 1.83. The number of nitrogens with one attached hydrogen (secondary N) is 2. The molecular formula is C11H13N7. The molecule has 0 fully saturated rings. The minimum Gasteiger partial charge on any atom is -0.370 e. The summed E-state index contributed by atoms with van der Waals surface area (Å²) in [6.07, 6.45) is 3.58. The van der Waals surface area contributed by atoms with Crippen LogP contribution in [0.5, 0.6) is 0 Å². The van der Waals surface area contributed by atoms with Crippen LogP contribution in [0, 0.1) is 0 Å². The lowest BCUT2D eigenvalue weighted by Gasteiger charge is -2.03. The van der Waals surface area contributed by atoms with Gasteiger partial charge in [-0.1, -0.05) is 5.21 Å². The third kappa shape index (κ3) is 1.60. The van der Waals surface area contributed by atoms with Gasteiger partial charge in [0.2, 0.25) is 0 Å². The fourth-order valence-corrected chi connectivity index (χ4v) is 1.91. The van der Waals surface area contributed by atoms with Crippen molar-refractivity contribution in [1.82, 2.24) is 30.2 Å². The quantitative estimate of drug-likeness (QED) is 0.721. The van der Waals surface area contributed by atoms with E-state index in [2.05, 4.69) is 30.8 Å². The number of H-pyrrole nitrogens is 1. The lowest BCUT2D eigenvalue weighted by molar-refractivity contribution is 0.715. The molecule has 0 radical (unpaired) electrons. The van der Waals surface area contributed by atoms with Crippen LogP contribution in [0.4, 0.5) is 5.82 Å². The standard InChI is InChI=1S/C11H13N7/c1-3-12-11-9-7(4-5-13-11)14-16-10(9)8-6-18(2)17-15-8/h4-6H,3H2,1-2H3,(H,12,13)(H,14,16). The number of aromatic amines is 1. The van der Waals surface area contributed by atoms with Gasteiger partial charge in [0.05, 0.1) is 17.1 Å². The van der Waals surface area contributed by atoms with Crippen molar-refractivity contribution in [2.45, 2.75) is 6.92 Å². The summed E-state index contributed by atoms with van der Waals surface area (Å²) in [6.45, 7) is 2.83. The number of hydrogen-bond acceptors (Lipinski definition) is 5. The van der Waals surface area contributed by atoms with Crippen LogP contribution in [0.25, 0.3) is 22.3 Å². The number of rotatable bonds is 3. The fraction of sp³-hybridized carbons (Fsp3) is 0.273. The third-order valence-electron chi connectivity index (χ3n) is 2.67. The highest BCUT2D eigenvalue weighted by Gasteiger charge is 2.15. The summed E-state index contributed by atoms with van der Waals surface area (Å²) in [6, 6.07) is 1.89. The summed E-state index contributed by atoms with van der Waals surface area (Å²) in [5.41, 5.74) is 2.43. The van der Waals surface area contributed by atoms with Gasteiger partial charge in [-0.2, -0.15) is 5.10 Å². The lowest BCUT2D eigenvalue weighted by Crippen LogP contribution is -1.99. The molecule has 0 saturated carbocycles. The lowest BCUT2D eigenvalue weighted by atomic mass is 10.2. The molecule has 0 bridgehead atoms. The van der Waals surface area contributed by atoms with Crippen molar-refractivity contribution in [3.63, 3.8) is 0 Å². The molecular weight excluding hydrogens is 230 g/mol. The first-order valence-corrected chi connectivity index (χ1v) is 5.73. The monoisotopic (exact) mass is 243 g/mol. The molecule has 0 atom stereocenters. The molecule has 3 aromatic rings. The average molecular weight is 243 g/mol. The van der Waals surface area contributed by atoms with Crippen LogP contribution >= 0.6 is 0 Å². The maximum absolute atomic E-state index is 4.34. The van der Waals surface area contributed by atoms with E-state index < -0.39 is 0 Å². The van der Waals surface area contributed by atoms with Gasteiger partial charge in [0, 0.05) is 19.8 Å². The van der Waals surface area contributed by atoms with Crippen molar-refractivity contribution in [2.75, 3.05) is 11.9 Å². The number of nitrogens with zero attached hydrogens (tertiary/aromatic N) is 5. The second-order valence-corrected chi connectivity index (χ2v) is 3.96. The molecule has 0 amide bonds. The van der Waals surface area contributed by atoms with Crippen molar-refractivity contribution < 1.29 is 0 Å². The Kier molecular flexibility index (Phi) is 2.44. The van der Waals surface area contributed by atoms with Gasteiger partial charge in [-0.05, 0) is 13.0 Å². The van der Waals surface area contributed by atoms with Gasteiger partial charge in [-0.25, -0.2) is 4.98 Å². The number of hydrogen-bond donors (Lipinski definition) is 2. The number of aromatic nitrogens is 6. The zero-order valence-corrected chi connectivity index (χ0v) is 10.2. The van der Waals surface area contributed by atoms with E-state index in [1.165, 1.54) is 0 Å². The van der Waals surface area contributed by atoms with Crippen molar-refractivity contribution in [3.05, 3.63) is 18.5 Å². The van der Waals surface area contributed by atoms with Crippen molar-refractivity contribution in [3.8, 4) is 11.4 Å². The smallest absolute Gasteiger partial charge is 0.137 e. The Morgan fingerprint density at radius 2 is 2.33 bits per heavy atom. The number of fused-ring (bicyclic) bond motifs is 1. The molecule has 0 saturated heterocycles. The first-order valence-electron chi connectivity index (χ1n) is 5.73. The first kappa shape index (κ1) is 10.7. The molecule has 0 aliphatic carbocycles. The number of anilines is 1. The van der Waals surface area contributed by atoms with Crippen molar-refractivity contribution in [1.29, 1.82) is 0 Å². The van der Waals surface area contributed by atoms with Crippen LogP contribution in [-0.4, -0.2) is 36.7 Å². The van der Waals surface area contributed by atoms with Crippen molar-refractivity contribution in [2.24, 2.45) is 7.05 Å². The normalized spacial score (nSPS) is 11.0. The van der Waals surface area contributed by atoms with E-state index in [0.717, 1.165) is 34.7 Å². The van der Waals surface area contributed by atoms with Crippen LogP contribution in [0.15, 0.2) is 18.5 Å². The largest absolute Gasteiger partial charge is 0.370 e. The maximum Gasteiger partial charge on any atom is 0.137 e. The van der Waals surface area contributed by atoms with Gasteiger partial charge in [-0.3, -0.25) is 9.78 Å². The molecule has 2 N–H and O–H groups in total. The Hall–Kier alpha value is -2.44. The first-order chi connectivity index (χ1) is 8.79. The van der Waals surface area contributed by atoms with Gasteiger partial charge < -0.3 is 5.32 Å². The second kappa shape index (κ2) is 4.10. The Morgan fingerprint density at radius 3 is 3.06 bits per heavy atom. The minimum atomic E-state index is 0.732. The highest BCUT2D eigenvalue weighted by Crippen LogP contribution is 2.29. The Labute approximate surface area is 103 Å². The summed E-state index contributed by atoms with van der Waals surface area (Å²) in [5.74, 6) is 0.810. The van der Waals surface area contributed by atoms with E-state index in [4.69, 9.17) is 0 Å². The molecule has 0 unspecified atom stereocenters. The molecule has 0 aromatic carbocycles. The van der Waals surface area contributed by atoms with E-state index in [-0.39, 0.29) is 0 Å². The van der Waals surface area contributed by atoms with Gasteiger partial charge in [0.15, 0.2) is 0 Å². The van der Waals surface area contributed by atoms with E-state index in [9.17, 15) is 0 Å². The second-order valence-electron chi connectivity index (χ2n) is 3.96. The Bertz CT molecular complexity index is 682. The van der Waals surface area contributed by atoms with Gasteiger partial charge in [-0.15, -0.1) is 5.10 Å². The van der Waals surface area contributed by atoms with Crippen LogP contribution in [-0.2, 0) is 7.05 Å². The number of pyridine rings is 1. The SMILES string of the molecule is CCNc1nccc2[nH]nc(-c3cn(C)nn3)c12. The Balaban J connectivity index is 2.23.